The molecule has 2 aromatic rings. The maximum absolute atomic E-state index is 12.8. The van der Waals surface area contributed by atoms with Gasteiger partial charge in [0.25, 0.3) is 0 Å². The highest BCUT2D eigenvalue weighted by Crippen LogP contribution is 2.46. The standard InChI is InChI=1S/C23H27NO3/c1-17-6-10-19(11-7-17)23(16-24-14-4-3-5-21(23)24)27-22(25)15-18-8-12-20(26-2)13-9-18/h6-13,21H,3-5,14-16H2,1-2H3. The molecule has 0 N–H and O–H groups in total. The van der Waals surface area contributed by atoms with Crippen LogP contribution in [0.15, 0.2) is 48.5 Å². The van der Waals surface area contributed by atoms with Crippen molar-refractivity contribution in [1.29, 1.82) is 0 Å². The Bertz CT molecular complexity index is 799. The molecule has 2 unspecified atom stereocenters. The number of benzene rings is 2. The fourth-order valence-corrected chi connectivity index (χ4v) is 4.43. The van der Waals surface area contributed by atoms with Gasteiger partial charge in [-0.25, -0.2) is 0 Å². The smallest absolute Gasteiger partial charge is 0.311 e. The summed E-state index contributed by atoms with van der Waals surface area (Å²) in [7, 11) is 1.64. The molecule has 4 nitrogen and oxygen atoms in total. The van der Waals surface area contributed by atoms with E-state index in [4.69, 9.17) is 9.47 Å². The summed E-state index contributed by atoms with van der Waals surface area (Å²) in [6.07, 6.45) is 3.80. The largest absolute Gasteiger partial charge is 0.497 e. The van der Waals surface area contributed by atoms with Crippen LogP contribution in [0.1, 0.15) is 36.0 Å². The molecule has 2 fully saturated rings. The molecule has 2 heterocycles. The molecule has 0 saturated carbocycles. The third-order valence-corrected chi connectivity index (χ3v) is 5.93. The molecule has 27 heavy (non-hydrogen) atoms. The fourth-order valence-electron chi connectivity index (χ4n) is 4.43. The van der Waals surface area contributed by atoms with E-state index in [0.29, 0.717) is 6.04 Å². The molecule has 2 atom stereocenters. The van der Waals surface area contributed by atoms with Crippen LogP contribution in [-0.2, 0) is 21.6 Å². The molecule has 142 valence electrons. The van der Waals surface area contributed by atoms with Crippen LogP contribution in [0.3, 0.4) is 0 Å². The number of piperidine rings is 1. The zero-order chi connectivity index (χ0) is 18.9. The molecule has 0 spiro atoms. The van der Waals surface area contributed by atoms with Crippen molar-refractivity contribution >= 4 is 5.97 Å². The number of methoxy groups -OCH3 is 1. The van der Waals surface area contributed by atoms with Gasteiger partial charge in [-0.15, -0.1) is 0 Å². The zero-order valence-corrected chi connectivity index (χ0v) is 16.1. The Morgan fingerprint density at radius 3 is 2.52 bits per heavy atom. The van der Waals surface area contributed by atoms with Crippen LogP contribution >= 0.6 is 0 Å². The lowest BCUT2D eigenvalue weighted by Gasteiger charge is -2.58. The fraction of sp³-hybridized carbons (Fsp3) is 0.435. The molecule has 4 rings (SSSR count). The average Bonchev–Trinajstić information content (AvgIpc) is 2.67. The second kappa shape index (κ2) is 7.35. The van der Waals surface area contributed by atoms with Crippen LogP contribution in [0.4, 0.5) is 0 Å². The first-order chi connectivity index (χ1) is 13.1. The molecule has 0 amide bonds. The SMILES string of the molecule is COc1ccc(CC(=O)OC2(c3ccc(C)cc3)CN3CCCCC32)cc1. The highest BCUT2D eigenvalue weighted by atomic mass is 16.6. The molecule has 2 saturated heterocycles. The number of fused-ring (bicyclic) bond motifs is 1. The molecular formula is C23H27NO3. The lowest BCUT2D eigenvalue weighted by atomic mass is 9.73. The van der Waals surface area contributed by atoms with Gasteiger partial charge >= 0.3 is 5.97 Å². The summed E-state index contributed by atoms with van der Waals surface area (Å²) in [5.74, 6) is 0.631. The van der Waals surface area contributed by atoms with Crippen LogP contribution in [0, 0.1) is 6.92 Å². The van der Waals surface area contributed by atoms with Crippen molar-refractivity contribution in [2.45, 2.75) is 44.2 Å². The van der Waals surface area contributed by atoms with Gasteiger partial charge in [0.15, 0.2) is 5.60 Å². The molecule has 0 radical (unpaired) electrons. The number of carbonyl (C=O) groups excluding carboxylic acids is 1. The first-order valence-corrected chi connectivity index (χ1v) is 9.77. The van der Waals surface area contributed by atoms with Gasteiger partial charge in [-0.1, -0.05) is 48.4 Å². The molecule has 2 aliphatic rings. The Balaban J connectivity index is 1.54. The van der Waals surface area contributed by atoms with Gasteiger partial charge in [-0.05, 0) is 49.6 Å². The van der Waals surface area contributed by atoms with Gasteiger partial charge in [0.1, 0.15) is 5.75 Å². The van der Waals surface area contributed by atoms with E-state index in [2.05, 4.69) is 36.1 Å². The molecule has 0 aliphatic carbocycles. The lowest BCUT2D eigenvalue weighted by Crippen LogP contribution is -2.70. The summed E-state index contributed by atoms with van der Waals surface area (Å²) >= 11 is 0. The van der Waals surface area contributed by atoms with Gasteiger partial charge in [-0.2, -0.15) is 0 Å². The zero-order valence-electron chi connectivity index (χ0n) is 16.1. The van der Waals surface area contributed by atoms with Gasteiger partial charge < -0.3 is 9.47 Å². The summed E-state index contributed by atoms with van der Waals surface area (Å²) in [6.45, 7) is 3.99. The van der Waals surface area contributed by atoms with Gasteiger partial charge in [0.2, 0.25) is 0 Å². The summed E-state index contributed by atoms with van der Waals surface area (Å²) in [5.41, 5.74) is 2.79. The van der Waals surface area contributed by atoms with E-state index in [9.17, 15) is 4.79 Å². The Kier molecular flexibility index (Phi) is 4.92. The maximum atomic E-state index is 12.8. The first-order valence-electron chi connectivity index (χ1n) is 9.77. The Hall–Kier alpha value is -2.33. The Morgan fingerprint density at radius 2 is 1.85 bits per heavy atom. The van der Waals surface area contributed by atoms with Gasteiger partial charge in [0.05, 0.1) is 19.6 Å². The van der Waals surface area contributed by atoms with Crippen molar-refractivity contribution in [2.24, 2.45) is 0 Å². The second-order valence-corrected chi connectivity index (χ2v) is 7.74. The number of carbonyl (C=O) groups is 1. The van der Waals surface area contributed by atoms with Crippen LogP contribution in [-0.4, -0.2) is 37.1 Å². The van der Waals surface area contributed by atoms with Crippen molar-refractivity contribution in [3.63, 3.8) is 0 Å². The minimum atomic E-state index is -0.502. The van der Waals surface area contributed by atoms with E-state index in [1.165, 1.54) is 18.4 Å². The molecule has 4 heteroatoms. The normalized spacial score (nSPS) is 24.6. The van der Waals surface area contributed by atoms with E-state index in [1.54, 1.807) is 7.11 Å². The number of ether oxygens (including phenoxy) is 2. The van der Waals surface area contributed by atoms with Gasteiger partial charge in [0, 0.05) is 6.54 Å². The monoisotopic (exact) mass is 365 g/mol. The second-order valence-electron chi connectivity index (χ2n) is 7.74. The number of aryl methyl sites for hydroxylation is 1. The highest BCUT2D eigenvalue weighted by Gasteiger charge is 2.57. The highest BCUT2D eigenvalue weighted by molar-refractivity contribution is 5.73. The number of hydrogen-bond acceptors (Lipinski definition) is 4. The quantitative estimate of drug-likeness (QED) is 0.755. The first kappa shape index (κ1) is 18.1. The number of esters is 1. The average molecular weight is 365 g/mol. The van der Waals surface area contributed by atoms with Crippen molar-refractivity contribution in [3.8, 4) is 5.75 Å². The van der Waals surface area contributed by atoms with E-state index in [0.717, 1.165) is 36.4 Å². The van der Waals surface area contributed by atoms with E-state index in [-0.39, 0.29) is 12.4 Å². The predicted octanol–water partition coefficient (Wildman–Crippen LogP) is 3.85. The molecule has 2 aliphatic heterocycles. The minimum absolute atomic E-state index is 0.161. The third-order valence-electron chi connectivity index (χ3n) is 5.93. The summed E-state index contributed by atoms with van der Waals surface area (Å²) in [6, 6.07) is 16.4. The van der Waals surface area contributed by atoms with Crippen LogP contribution in [0.5, 0.6) is 5.75 Å². The lowest BCUT2D eigenvalue weighted by molar-refractivity contribution is -0.210. The molecular weight excluding hydrogens is 338 g/mol. The number of hydrogen-bond donors (Lipinski definition) is 0. The summed E-state index contributed by atoms with van der Waals surface area (Å²) in [4.78, 5) is 15.3. The Labute approximate surface area is 161 Å². The topological polar surface area (TPSA) is 38.8 Å². The number of nitrogens with zero attached hydrogens (tertiary/aromatic N) is 1. The Morgan fingerprint density at radius 1 is 1.11 bits per heavy atom. The van der Waals surface area contributed by atoms with Crippen LogP contribution < -0.4 is 4.74 Å². The van der Waals surface area contributed by atoms with Gasteiger partial charge in [-0.3, -0.25) is 9.69 Å². The van der Waals surface area contributed by atoms with Crippen LogP contribution in [0.2, 0.25) is 0 Å². The van der Waals surface area contributed by atoms with E-state index >= 15 is 0 Å². The van der Waals surface area contributed by atoms with E-state index in [1.807, 2.05) is 24.3 Å². The molecule has 0 bridgehead atoms. The molecule has 0 aromatic heterocycles. The summed E-state index contributed by atoms with van der Waals surface area (Å²) < 4.78 is 11.4. The summed E-state index contributed by atoms with van der Waals surface area (Å²) in [5, 5.41) is 0. The van der Waals surface area contributed by atoms with E-state index < -0.39 is 5.60 Å². The molecule has 2 aromatic carbocycles. The predicted molar refractivity (Wildman–Crippen MR) is 105 cm³/mol. The number of rotatable bonds is 5. The van der Waals surface area contributed by atoms with Crippen molar-refractivity contribution in [1.82, 2.24) is 4.90 Å². The van der Waals surface area contributed by atoms with Crippen molar-refractivity contribution in [3.05, 3.63) is 65.2 Å². The third kappa shape index (κ3) is 3.46. The van der Waals surface area contributed by atoms with Crippen molar-refractivity contribution < 1.29 is 14.3 Å². The van der Waals surface area contributed by atoms with Crippen molar-refractivity contribution in [2.75, 3.05) is 20.2 Å². The minimum Gasteiger partial charge on any atom is -0.497 e. The maximum Gasteiger partial charge on any atom is 0.311 e. The van der Waals surface area contributed by atoms with Crippen LogP contribution in [0.25, 0.3) is 0 Å².